The highest BCUT2D eigenvalue weighted by Gasteiger charge is 2.21. The van der Waals surface area contributed by atoms with Crippen LogP contribution in [-0.4, -0.2) is 67.5 Å². The molecule has 8 nitrogen and oxygen atoms in total. The zero-order valence-electron chi connectivity index (χ0n) is 15.6. The molecule has 1 aliphatic rings. The number of methoxy groups -OCH3 is 3. The van der Waals surface area contributed by atoms with Gasteiger partial charge < -0.3 is 29.3 Å². The molecule has 1 saturated heterocycles. The first-order chi connectivity index (χ1) is 13.2. The predicted molar refractivity (Wildman–Crippen MR) is 108 cm³/mol. The van der Waals surface area contributed by atoms with E-state index in [1.165, 1.54) is 0 Å². The minimum atomic E-state index is 0.549. The number of aromatic nitrogens is 2. The maximum absolute atomic E-state index is 5.58. The minimum Gasteiger partial charge on any atom is -0.493 e. The topological polar surface area (TPSA) is 72.0 Å². The third kappa shape index (κ3) is 4.30. The van der Waals surface area contributed by atoms with Gasteiger partial charge in [-0.2, -0.15) is 0 Å². The zero-order valence-corrected chi connectivity index (χ0v) is 16.5. The van der Waals surface area contributed by atoms with E-state index in [4.69, 9.17) is 26.4 Å². The molecular weight excluding hydrogens is 366 g/mol. The zero-order chi connectivity index (χ0) is 19.2. The molecule has 2 aromatic rings. The number of rotatable bonds is 5. The van der Waals surface area contributed by atoms with E-state index in [1.807, 2.05) is 18.2 Å². The molecule has 0 saturated carbocycles. The molecule has 1 aromatic heterocycles. The van der Waals surface area contributed by atoms with Crippen LogP contribution in [-0.2, 0) is 0 Å². The lowest BCUT2D eigenvalue weighted by Crippen LogP contribution is -2.50. The third-order valence-corrected chi connectivity index (χ3v) is 4.68. The Kier molecular flexibility index (Phi) is 6.12. The number of nitrogens with one attached hydrogen (secondary N) is 1. The van der Waals surface area contributed by atoms with Gasteiger partial charge in [-0.1, -0.05) is 0 Å². The van der Waals surface area contributed by atoms with Gasteiger partial charge in [0.25, 0.3) is 0 Å². The van der Waals surface area contributed by atoms with Crippen LogP contribution >= 0.6 is 12.2 Å². The normalized spacial score (nSPS) is 13.9. The van der Waals surface area contributed by atoms with Gasteiger partial charge in [0.2, 0.25) is 11.7 Å². The molecule has 144 valence electrons. The number of anilines is 2. The molecule has 3 rings (SSSR count). The van der Waals surface area contributed by atoms with E-state index in [0.717, 1.165) is 37.8 Å². The first kappa shape index (κ1) is 19.0. The van der Waals surface area contributed by atoms with Crippen LogP contribution in [0, 0.1) is 0 Å². The van der Waals surface area contributed by atoms with Gasteiger partial charge in [0, 0.05) is 56.4 Å². The van der Waals surface area contributed by atoms with E-state index in [0.29, 0.717) is 22.4 Å². The summed E-state index contributed by atoms with van der Waals surface area (Å²) < 4.78 is 16.1. The maximum Gasteiger partial charge on any atom is 0.225 e. The van der Waals surface area contributed by atoms with Crippen molar-refractivity contribution in [2.45, 2.75) is 0 Å². The number of nitrogens with zero attached hydrogens (tertiary/aromatic N) is 4. The van der Waals surface area contributed by atoms with E-state index in [1.54, 1.807) is 33.7 Å². The van der Waals surface area contributed by atoms with Crippen LogP contribution in [0.1, 0.15) is 0 Å². The van der Waals surface area contributed by atoms with Crippen molar-refractivity contribution >= 4 is 29.0 Å². The summed E-state index contributed by atoms with van der Waals surface area (Å²) in [6.45, 7) is 3.19. The summed E-state index contributed by atoms with van der Waals surface area (Å²) in [4.78, 5) is 12.9. The molecule has 9 heteroatoms. The molecule has 1 fully saturated rings. The minimum absolute atomic E-state index is 0.549. The van der Waals surface area contributed by atoms with Crippen LogP contribution in [0.2, 0.25) is 0 Å². The largest absolute Gasteiger partial charge is 0.493 e. The quantitative estimate of drug-likeness (QED) is 0.773. The Hall–Kier alpha value is -2.81. The van der Waals surface area contributed by atoms with Gasteiger partial charge in [0.15, 0.2) is 16.6 Å². The number of piperazine rings is 1. The second kappa shape index (κ2) is 8.72. The van der Waals surface area contributed by atoms with Crippen LogP contribution in [0.15, 0.2) is 30.6 Å². The number of ether oxygens (including phenoxy) is 3. The van der Waals surface area contributed by atoms with Gasteiger partial charge in [0.1, 0.15) is 0 Å². The molecule has 0 bridgehead atoms. The molecule has 1 aromatic carbocycles. The average Bonchev–Trinajstić information content (AvgIpc) is 2.73. The van der Waals surface area contributed by atoms with Crippen molar-refractivity contribution in [3.8, 4) is 17.2 Å². The summed E-state index contributed by atoms with van der Waals surface area (Å²) in [5.41, 5.74) is 0.781. The highest BCUT2D eigenvalue weighted by atomic mass is 32.1. The first-order valence-corrected chi connectivity index (χ1v) is 8.95. The third-order valence-electron chi connectivity index (χ3n) is 4.32. The number of thiocarbonyl (C=S) groups is 1. The van der Waals surface area contributed by atoms with Crippen molar-refractivity contribution in [1.82, 2.24) is 14.9 Å². The SMILES string of the molecule is COc1cc(NC(=S)N2CCN(c3ncccn3)CC2)cc(OC)c1OC. The Morgan fingerprint density at radius 2 is 1.56 bits per heavy atom. The molecular formula is C18H23N5O3S. The molecule has 1 N–H and O–H groups in total. The van der Waals surface area contributed by atoms with Gasteiger partial charge in [-0.3, -0.25) is 0 Å². The Morgan fingerprint density at radius 3 is 2.07 bits per heavy atom. The van der Waals surface area contributed by atoms with E-state index in [9.17, 15) is 0 Å². The molecule has 0 atom stereocenters. The van der Waals surface area contributed by atoms with E-state index in [2.05, 4.69) is 25.1 Å². The van der Waals surface area contributed by atoms with Crippen molar-refractivity contribution in [1.29, 1.82) is 0 Å². The van der Waals surface area contributed by atoms with Crippen molar-refractivity contribution in [3.63, 3.8) is 0 Å². The Bertz CT molecular complexity index is 757. The van der Waals surface area contributed by atoms with Crippen molar-refractivity contribution in [3.05, 3.63) is 30.6 Å². The van der Waals surface area contributed by atoms with Gasteiger partial charge >= 0.3 is 0 Å². The lowest BCUT2D eigenvalue weighted by Gasteiger charge is -2.36. The van der Waals surface area contributed by atoms with Crippen molar-refractivity contribution in [2.75, 3.05) is 57.7 Å². The summed E-state index contributed by atoms with van der Waals surface area (Å²) in [7, 11) is 4.75. The summed E-state index contributed by atoms with van der Waals surface area (Å²) in [6.07, 6.45) is 3.51. The highest BCUT2D eigenvalue weighted by Crippen LogP contribution is 2.40. The summed E-state index contributed by atoms with van der Waals surface area (Å²) in [6, 6.07) is 5.49. The van der Waals surface area contributed by atoms with Crippen LogP contribution in [0.5, 0.6) is 17.2 Å². The van der Waals surface area contributed by atoms with E-state index >= 15 is 0 Å². The Balaban J connectivity index is 1.64. The molecule has 0 spiro atoms. The summed E-state index contributed by atoms with van der Waals surface area (Å²) in [5.74, 6) is 2.45. The van der Waals surface area contributed by atoms with Crippen molar-refractivity contribution in [2.24, 2.45) is 0 Å². The fraction of sp³-hybridized carbons (Fsp3) is 0.389. The predicted octanol–water partition coefficient (Wildman–Crippen LogP) is 2.02. The summed E-state index contributed by atoms with van der Waals surface area (Å²) >= 11 is 5.58. The van der Waals surface area contributed by atoms with Gasteiger partial charge in [-0.05, 0) is 18.3 Å². The first-order valence-electron chi connectivity index (χ1n) is 8.54. The van der Waals surface area contributed by atoms with Crippen LogP contribution in [0.4, 0.5) is 11.6 Å². The molecule has 0 radical (unpaired) electrons. The van der Waals surface area contributed by atoms with Gasteiger partial charge in [-0.25, -0.2) is 9.97 Å². The molecule has 1 aliphatic heterocycles. The molecule has 0 amide bonds. The number of hydrogen-bond donors (Lipinski definition) is 1. The smallest absolute Gasteiger partial charge is 0.225 e. The van der Waals surface area contributed by atoms with Crippen LogP contribution in [0.3, 0.4) is 0 Å². The number of benzene rings is 1. The lowest BCUT2D eigenvalue weighted by atomic mass is 10.2. The van der Waals surface area contributed by atoms with Crippen LogP contribution < -0.4 is 24.4 Å². The molecule has 2 heterocycles. The fourth-order valence-corrected chi connectivity index (χ4v) is 3.22. The fourth-order valence-electron chi connectivity index (χ4n) is 2.92. The van der Waals surface area contributed by atoms with Gasteiger partial charge in [-0.15, -0.1) is 0 Å². The van der Waals surface area contributed by atoms with E-state index < -0.39 is 0 Å². The van der Waals surface area contributed by atoms with E-state index in [-0.39, 0.29) is 0 Å². The lowest BCUT2D eigenvalue weighted by molar-refractivity contribution is 0.324. The van der Waals surface area contributed by atoms with Gasteiger partial charge in [0.05, 0.1) is 21.3 Å². The molecule has 27 heavy (non-hydrogen) atoms. The molecule has 0 aliphatic carbocycles. The standard InChI is InChI=1S/C18H23N5O3S/c1-24-14-11-13(12-15(25-2)16(14)26-3)21-18(27)23-9-7-22(8-10-23)17-19-5-4-6-20-17/h4-6,11-12H,7-10H2,1-3H3,(H,21,27). The Morgan fingerprint density at radius 1 is 0.963 bits per heavy atom. The second-order valence-corrected chi connectivity index (χ2v) is 6.25. The Labute approximate surface area is 164 Å². The number of hydrogen-bond acceptors (Lipinski definition) is 7. The average molecular weight is 389 g/mol. The van der Waals surface area contributed by atoms with Crippen LogP contribution in [0.25, 0.3) is 0 Å². The van der Waals surface area contributed by atoms with Crippen molar-refractivity contribution < 1.29 is 14.2 Å². The second-order valence-electron chi connectivity index (χ2n) is 5.87. The monoisotopic (exact) mass is 389 g/mol. The molecule has 0 unspecified atom stereocenters. The maximum atomic E-state index is 5.58. The highest BCUT2D eigenvalue weighted by molar-refractivity contribution is 7.80. The summed E-state index contributed by atoms with van der Waals surface area (Å²) in [5, 5.41) is 3.91.